The first-order valence-electron chi connectivity index (χ1n) is 16.8. The number of ketones is 1. The van der Waals surface area contributed by atoms with Gasteiger partial charge in [0.15, 0.2) is 0 Å². The Balaban J connectivity index is 0.00000506. The summed E-state index contributed by atoms with van der Waals surface area (Å²) in [6, 6.07) is 0. The summed E-state index contributed by atoms with van der Waals surface area (Å²) in [5.74, 6) is 1.76. The zero-order valence-electron chi connectivity index (χ0n) is 26.8. The summed E-state index contributed by atoms with van der Waals surface area (Å²) in [5, 5.41) is 33.6. The van der Waals surface area contributed by atoms with Crippen molar-refractivity contribution in [2.75, 3.05) is 32.9 Å². The maximum Gasteiger partial charge on any atom is 0.132 e. The van der Waals surface area contributed by atoms with Gasteiger partial charge < -0.3 is 24.4 Å². The van der Waals surface area contributed by atoms with Crippen LogP contribution >= 0.6 is 0 Å². The van der Waals surface area contributed by atoms with E-state index in [4.69, 9.17) is 0 Å². The summed E-state index contributed by atoms with van der Waals surface area (Å²) in [4.78, 5) is 12.8. The molecule has 0 aromatic rings. The number of carbonyl (C=O) groups excluding carboxylic acids is 1. The van der Waals surface area contributed by atoms with Crippen molar-refractivity contribution in [3.8, 4) is 0 Å². The van der Waals surface area contributed by atoms with Crippen molar-refractivity contribution in [3.05, 3.63) is 0 Å². The molecule has 4 saturated carbocycles. The van der Waals surface area contributed by atoms with Crippen LogP contribution in [0.25, 0.3) is 0 Å². The van der Waals surface area contributed by atoms with E-state index in [1.807, 2.05) is 14.1 Å². The second-order valence-electron chi connectivity index (χ2n) is 16.0. The maximum absolute atomic E-state index is 12.8. The van der Waals surface area contributed by atoms with Gasteiger partial charge >= 0.3 is 0 Å². The summed E-state index contributed by atoms with van der Waals surface area (Å²) >= 11 is 0. The van der Waals surface area contributed by atoms with Crippen molar-refractivity contribution in [2.45, 2.75) is 130 Å². The number of aliphatic hydroxyl groups is 3. The third-order valence-electron chi connectivity index (χ3n) is 13.0. The van der Waals surface area contributed by atoms with Gasteiger partial charge in [0.05, 0.1) is 55.6 Å². The van der Waals surface area contributed by atoms with Gasteiger partial charge in [0.1, 0.15) is 5.78 Å². The fourth-order valence-corrected chi connectivity index (χ4v) is 11.0. The Labute approximate surface area is 262 Å². The molecular weight excluding hydrogens is 566 g/mol. The van der Waals surface area contributed by atoms with E-state index in [0.717, 1.165) is 70.8 Å². The molecule has 0 aliphatic heterocycles. The maximum atomic E-state index is 12.8. The molecule has 0 radical (unpaired) electrons. The van der Waals surface area contributed by atoms with E-state index in [0.29, 0.717) is 59.9 Å². The Hall–Kier alpha value is -0.580. The lowest BCUT2D eigenvalue weighted by molar-refractivity contribution is -0.890. The molecule has 0 unspecified atom stereocenters. The summed E-state index contributed by atoms with van der Waals surface area (Å²) in [6.45, 7) is 8.36. The van der Waals surface area contributed by atoms with E-state index in [2.05, 4.69) is 20.8 Å². The van der Waals surface area contributed by atoms with Gasteiger partial charge in [0.2, 0.25) is 0 Å². The van der Waals surface area contributed by atoms with E-state index < -0.39 is 16.2 Å². The van der Waals surface area contributed by atoms with Gasteiger partial charge in [-0.25, -0.2) is 8.42 Å². The largest absolute Gasteiger partial charge is 0.748 e. The lowest BCUT2D eigenvalue weighted by Crippen LogP contribution is -2.62. The highest BCUT2D eigenvalue weighted by Gasteiger charge is 2.65. The van der Waals surface area contributed by atoms with Gasteiger partial charge in [-0.05, 0) is 111 Å². The van der Waals surface area contributed by atoms with Crippen molar-refractivity contribution >= 4 is 15.9 Å². The molecule has 11 atom stereocenters. The van der Waals surface area contributed by atoms with Crippen molar-refractivity contribution in [2.24, 2.45) is 46.3 Å². The molecule has 4 rings (SSSR count). The van der Waals surface area contributed by atoms with Crippen LogP contribution in [0.2, 0.25) is 0 Å². The van der Waals surface area contributed by atoms with Crippen LogP contribution in [0, 0.1) is 46.3 Å². The number of carbonyl (C=O) groups is 1. The third-order valence-corrected chi connectivity index (χ3v) is 13.8. The molecule has 0 bridgehead atoms. The third kappa shape index (κ3) is 8.05. The van der Waals surface area contributed by atoms with Crippen LogP contribution in [0.3, 0.4) is 0 Å². The highest BCUT2D eigenvalue weighted by Crippen LogP contribution is 2.68. The molecule has 0 spiro atoms. The van der Waals surface area contributed by atoms with Crippen molar-refractivity contribution < 1.29 is 37.6 Å². The number of hydrogen-bond donors (Lipinski definition) is 3. The van der Waals surface area contributed by atoms with Crippen LogP contribution in [0.15, 0.2) is 0 Å². The highest BCUT2D eigenvalue weighted by molar-refractivity contribution is 7.85. The first kappa shape index (κ1) is 36.9. The van der Waals surface area contributed by atoms with E-state index in [1.165, 1.54) is 0 Å². The zero-order valence-corrected chi connectivity index (χ0v) is 27.7. The van der Waals surface area contributed by atoms with Gasteiger partial charge in [-0.2, -0.15) is 0 Å². The molecule has 9 heteroatoms. The first-order valence-corrected chi connectivity index (χ1v) is 18.4. The molecule has 0 saturated heterocycles. The van der Waals surface area contributed by atoms with Crippen LogP contribution in [0.5, 0.6) is 0 Å². The average molecular weight is 630 g/mol. The van der Waals surface area contributed by atoms with Gasteiger partial charge in [-0.3, -0.25) is 4.79 Å². The lowest BCUT2D eigenvalue weighted by atomic mass is 9.43. The standard InChI is InChI=1S/C33H59NO7S.CH4/c1-22(10-11-24(35)9-6-7-16-34(4,5)17-8-18-42(39,40)41)26-12-13-27-31-28(21-30(38)33(26,27)3)32(2)15-14-25(36)19-23(32)20-29(31)37;/h22-23,25-31,36-38H,6-21H2,1-5H3;1H4/t22-,23+,25-,26-,27+,28+,29-,30+,31+,32+,33-;/m1./s1. The molecule has 43 heavy (non-hydrogen) atoms. The molecule has 4 fully saturated rings. The fourth-order valence-electron chi connectivity index (χ4n) is 10.5. The predicted molar refractivity (Wildman–Crippen MR) is 169 cm³/mol. The molecule has 0 aromatic carbocycles. The Kier molecular flexibility index (Phi) is 12.0. The summed E-state index contributed by atoms with van der Waals surface area (Å²) in [5.41, 5.74) is -0.163. The minimum Gasteiger partial charge on any atom is -0.748 e. The van der Waals surface area contributed by atoms with E-state index in [-0.39, 0.29) is 47.9 Å². The number of hydrogen-bond acceptors (Lipinski definition) is 7. The smallest absolute Gasteiger partial charge is 0.132 e. The lowest BCUT2D eigenvalue weighted by Gasteiger charge is -2.63. The Morgan fingerprint density at radius 3 is 2.30 bits per heavy atom. The number of Topliss-reactive ketones (excluding diaryl/α,β-unsaturated/α-hetero) is 1. The summed E-state index contributed by atoms with van der Waals surface area (Å²) in [7, 11) is -0.109. The van der Waals surface area contributed by atoms with Gasteiger partial charge in [0, 0.05) is 25.0 Å². The molecule has 0 aromatic heterocycles. The molecule has 8 nitrogen and oxygen atoms in total. The van der Waals surface area contributed by atoms with Crippen LogP contribution in [-0.4, -0.2) is 89.8 Å². The van der Waals surface area contributed by atoms with Crippen LogP contribution in [-0.2, 0) is 14.9 Å². The molecule has 0 amide bonds. The molecule has 0 heterocycles. The number of nitrogens with zero attached hydrogens (tertiary/aromatic N) is 1. The van der Waals surface area contributed by atoms with Gasteiger partial charge in [0.25, 0.3) is 0 Å². The van der Waals surface area contributed by atoms with Gasteiger partial charge in [-0.15, -0.1) is 0 Å². The Morgan fingerprint density at radius 1 is 0.953 bits per heavy atom. The minimum atomic E-state index is -4.17. The summed E-state index contributed by atoms with van der Waals surface area (Å²) < 4.78 is 33.2. The Bertz CT molecular complexity index is 1050. The SMILES string of the molecule is C.C[C@H](CCC(=O)CCCC[N+](C)(C)CCCS(=O)(=O)[O-])[C@H]1CC[C@H]2[C@@H]3[C@H](O)C[C@@H]4C[C@H](O)CC[C@]4(C)[C@H]3C[C@H](O)[C@]12C. The van der Waals surface area contributed by atoms with Crippen molar-refractivity contribution in [1.82, 2.24) is 0 Å². The minimum absolute atomic E-state index is 0. The molecule has 252 valence electrons. The Morgan fingerprint density at radius 2 is 1.63 bits per heavy atom. The number of unbranched alkanes of at least 4 members (excludes halogenated alkanes) is 1. The quantitative estimate of drug-likeness (QED) is 0.152. The van der Waals surface area contributed by atoms with Gasteiger partial charge in [-0.1, -0.05) is 28.2 Å². The van der Waals surface area contributed by atoms with Crippen molar-refractivity contribution in [1.29, 1.82) is 0 Å². The fraction of sp³-hybridized carbons (Fsp3) is 0.971. The van der Waals surface area contributed by atoms with Crippen molar-refractivity contribution in [3.63, 3.8) is 0 Å². The van der Waals surface area contributed by atoms with E-state index >= 15 is 0 Å². The summed E-state index contributed by atoms with van der Waals surface area (Å²) in [6.07, 6.45) is 9.13. The van der Waals surface area contributed by atoms with Crippen LogP contribution in [0.1, 0.15) is 112 Å². The number of aliphatic hydroxyl groups excluding tert-OH is 3. The van der Waals surface area contributed by atoms with E-state index in [9.17, 15) is 33.1 Å². The topological polar surface area (TPSA) is 135 Å². The molecular formula is C34H63NO7S. The monoisotopic (exact) mass is 629 g/mol. The highest BCUT2D eigenvalue weighted by atomic mass is 32.2. The second-order valence-corrected chi connectivity index (χ2v) is 17.6. The van der Waals surface area contributed by atoms with Crippen LogP contribution in [0.4, 0.5) is 0 Å². The number of rotatable bonds is 13. The zero-order chi connectivity index (χ0) is 31.1. The average Bonchev–Trinajstić information content (AvgIpc) is 3.24. The normalized spacial score (nSPS) is 40.1. The molecule has 4 aliphatic rings. The molecule has 4 aliphatic carbocycles. The second kappa shape index (κ2) is 14.0. The molecule has 3 N–H and O–H groups in total. The van der Waals surface area contributed by atoms with Crippen LogP contribution < -0.4 is 0 Å². The predicted octanol–water partition coefficient (Wildman–Crippen LogP) is 4.75. The number of quaternary nitrogens is 1. The van der Waals surface area contributed by atoms with E-state index in [1.54, 1.807) is 0 Å². The first-order chi connectivity index (χ1) is 19.5. The number of fused-ring (bicyclic) bond motifs is 5.